The Morgan fingerprint density at radius 1 is 0.933 bits per heavy atom. The van der Waals surface area contributed by atoms with E-state index < -0.39 is 10.0 Å². The maximum atomic E-state index is 12.9. The number of hydrogen-bond donors (Lipinski definition) is 1. The molecule has 0 atom stereocenters. The van der Waals surface area contributed by atoms with Gasteiger partial charge < -0.3 is 9.64 Å². The molecule has 3 aromatic rings. The van der Waals surface area contributed by atoms with Crippen LogP contribution >= 0.6 is 0 Å². The third kappa shape index (κ3) is 5.25. The molecule has 3 aromatic carbocycles. The summed E-state index contributed by atoms with van der Waals surface area (Å²) in [5, 5.41) is 0. The lowest BCUT2D eigenvalue weighted by Gasteiger charge is -2.18. The predicted octanol–water partition coefficient (Wildman–Crippen LogP) is 3.45. The summed E-state index contributed by atoms with van der Waals surface area (Å²) in [4.78, 5) is 14.4. The number of nitrogens with zero attached hydrogens (tertiary/aromatic N) is 1. The zero-order chi connectivity index (χ0) is 21.6. The van der Waals surface area contributed by atoms with Gasteiger partial charge >= 0.3 is 0 Å². The molecule has 156 valence electrons. The van der Waals surface area contributed by atoms with Crippen molar-refractivity contribution in [2.45, 2.75) is 18.0 Å². The van der Waals surface area contributed by atoms with Crippen molar-refractivity contribution in [1.82, 2.24) is 9.62 Å². The number of carbonyl (C=O) groups is 1. The lowest BCUT2D eigenvalue weighted by Crippen LogP contribution is -2.27. The largest absolute Gasteiger partial charge is 0.495 e. The molecule has 0 spiro atoms. The molecule has 0 unspecified atom stereocenters. The van der Waals surface area contributed by atoms with Crippen LogP contribution in [0.2, 0.25) is 0 Å². The molecule has 0 bridgehead atoms. The van der Waals surface area contributed by atoms with Gasteiger partial charge in [0.15, 0.2) is 0 Å². The monoisotopic (exact) mass is 424 g/mol. The summed E-state index contributed by atoms with van der Waals surface area (Å²) in [6, 6.07) is 23.2. The van der Waals surface area contributed by atoms with Crippen LogP contribution in [-0.2, 0) is 23.1 Å². The molecule has 1 N–H and O–H groups in total. The van der Waals surface area contributed by atoms with E-state index in [0.717, 1.165) is 11.1 Å². The Kier molecular flexibility index (Phi) is 6.87. The van der Waals surface area contributed by atoms with Crippen LogP contribution in [0.15, 0.2) is 83.8 Å². The minimum absolute atomic E-state index is 0.0695. The molecule has 6 nitrogen and oxygen atoms in total. The van der Waals surface area contributed by atoms with Gasteiger partial charge in [-0.1, -0.05) is 60.7 Å². The third-order valence-electron chi connectivity index (χ3n) is 4.62. The highest BCUT2D eigenvalue weighted by atomic mass is 32.2. The highest BCUT2D eigenvalue weighted by Crippen LogP contribution is 2.26. The average molecular weight is 425 g/mol. The highest BCUT2D eigenvalue weighted by Gasteiger charge is 2.22. The molecule has 3 rings (SSSR count). The Bertz CT molecular complexity index is 1100. The van der Waals surface area contributed by atoms with E-state index in [4.69, 9.17) is 4.74 Å². The summed E-state index contributed by atoms with van der Waals surface area (Å²) in [6.07, 6.45) is 0. The molecule has 0 aliphatic rings. The zero-order valence-electron chi connectivity index (χ0n) is 16.9. The summed E-state index contributed by atoms with van der Waals surface area (Å²) < 4.78 is 33.6. The first-order valence-corrected chi connectivity index (χ1v) is 10.9. The fraction of sp³-hybridized carbons (Fsp3) is 0.174. The molecule has 0 aromatic heterocycles. The minimum Gasteiger partial charge on any atom is -0.495 e. The number of carbonyl (C=O) groups excluding carboxylic acids is 1. The first-order valence-electron chi connectivity index (χ1n) is 9.42. The van der Waals surface area contributed by atoms with E-state index >= 15 is 0 Å². The van der Waals surface area contributed by atoms with Gasteiger partial charge in [0.05, 0.1) is 7.11 Å². The summed E-state index contributed by atoms with van der Waals surface area (Å²) in [5.74, 6) is -0.0983. The van der Waals surface area contributed by atoms with E-state index in [2.05, 4.69) is 4.72 Å². The van der Waals surface area contributed by atoms with Crippen LogP contribution in [0.5, 0.6) is 5.75 Å². The maximum absolute atomic E-state index is 12.9. The summed E-state index contributed by atoms with van der Waals surface area (Å²) in [6.45, 7) is 0.554. The van der Waals surface area contributed by atoms with Crippen molar-refractivity contribution in [2.75, 3.05) is 14.2 Å². The van der Waals surface area contributed by atoms with Crippen LogP contribution in [-0.4, -0.2) is 33.4 Å². The number of hydrogen-bond acceptors (Lipinski definition) is 4. The Morgan fingerprint density at radius 3 is 2.13 bits per heavy atom. The molecule has 7 heteroatoms. The van der Waals surface area contributed by atoms with Crippen LogP contribution in [0.25, 0.3) is 0 Å². The summed E-state index contributed by atoms with van der Waals surface area (Å²) in [7, 11) is -0.808. The second-order valence-corrected chi connectivity index (χ2v) is 8.56. The van der Waals surface area contributed by atoms with Crippen molar-refractivity contribution in [3.63, 3.8) is 0 Å². The Balaban J connectivity index is 1.82. The topological polar surface area (TPSA) is 75.7 Å². The second-order valence-electron chi connectivity index (χ2n) is 6.82. The lowest BCUT2D eigenvalue weighted by molar-refractivity contribution is 0.0785. The van der Waals surface area contributed by atoms with Gasteiger partial charge in [-0.2, -0.15) is 0 Å². The standard InChI is InChI=1S/C23H24N2O4S/c1-25(17-19-11-7-4-8-12-19)23(26)20-13-14-21(29-2)22(15-20)30(27,28)24-16-18-9-5-3-6-10-18/h3-15,24H,16-17H2,1-2H3. The fourth-order valence-corrected chi connectivity index (χ4v) is 4.23. The predicted molar refractivity (Wildman–Crippen MR) is 116 cm³/mol. The molecule has 0 saturated heterocycles. The van der Waals surface area contributed by atoms with Crippen molar-refractivity contribution >= 4 is 15.9 Å². The number of rotatable bonds is 8. The van der Waals surface area contributed by atoms with Crippen molar-refractivity contribution in [2.24, 2.45) is 0 Å². The Morgan fingerprint density at radius 2 is 1.53 bits per heavy atom. The minimum atomic E-state index is -3.89. The van der Waals surface area contributed by atoms with E-state index in [1.54, 1.807) is 18.0 Å². The SMILES string of the molecule is COc1ccc(C(=O)N(C)Cc2ccccc2)cc1S(=O)(=O)NCc1ccccc1. The first kappa shape index (κ1) is 21.5. The molecule has 0 saturated carbocycles. The number of benzene rings is 3. The smallest absolute Gasteiger partial charge is 0.253 e. The summed E-state index contributed by atoms with van der Waals surface area (Å²) >= 11 is 0. The number of nitrogens with one attached hydrogen (secondary N) is 1. The average Bonchev–Trinajstić information content (AvgIpc) is 2.78. The Labute approximate surface area is 177 Å². The molecule has 1 amide bonds. The molecule has 30 heavy (non-hydrogen) atoms. The van der Waals surface area contributed by atoms with Gasteiger partial charge in [-0.3, -0.25) is 4.79 Å². The normalized spacial score (nSPS) is 11.1. The fourth-order valence-electron chi connectivity index (χ4n) is 3.02. The van der Waals surface area contributed by atoms with E-state index in [-0.39, 0.29) is 28.7 Å². The van der Waals surface area contributed by atoms with Gasteiger partial charge in [0.2, 0.25) is 10.0 Å². The van der Waals surface area contributed by atoms with E-state index in [1.165, 1.54) is 19.2 Å². The first-order chi connectivity index (χ1) is 14.4. The highest BCUT2D eigenvalue weighted by molar-refractivity contribution is 7.89. The van der Waals surface area contributed by atoms with Crippen LogP contribution < -0.4 is 9.46 Å². The molecule has 0 heterocycles. The van der Waals surface area contributed by atoms with Crippen molar-refractivity contribution in [1.29, 1.82) is 0 Å². The van der Waals surface area contributed by atoms with Gasteiger partial charge in [0.1, 0.15) is 10.6 Å². The second kappa shape index (κ2) is 9.56. The number of methoxy groups -OCH3 is 1. The van der Waals surface area contributed by atoms with Crippen LogP contribution in [0.3, 0.4) is 0 Å². The summed E-state index contributed by atoms with van der Waals surface area (Å²) in [5.41, 5.74) is 2.09. The lowest BCUT2D eigenvalue weighted by atomic mass is 10.1. The zero-order valence-corrected chi connectivity index (χ0v) is 17.7. The van der Waals surface area contributed by atoms with Gasteiger partial charge in [0, 0.05) is 25.7 Å². The van der Waals surface area contributed by atoms with Crippen LogP contribution in [0, 0.1) is 0 Å². The number of amides is 1. The quantitative estimate of drug-likeness (QED) is 0.601. The molecular formula is C23H24N2O4S. The van der Waals surface area contributed by atoms with Gasteiger partial charge in [0.25, 0.3) is 5.91 Å². The number of sulfonamides is 1. The molecule has 0 aliphatic carbocycles. The van der Waals surface area contributed by atoms with Crippen molar-refractivity contribution in [3.8, 4) is 5.75 Å². The Hall–Kier alpha value is -3.16. The molecular weight excluding hydrogens is 400 g/mol. The van der Waals surface area contributed by atoms with E-state index in [9.17, 15) is 13.2 Å². The van der Waals surface area contributed by atoms with Crippen molar-refractivity contribution in [3.05, 3.63) is 95.6 Å². The molecule has 0 radical (unpaired) electrons. The van der Waals surface area contributed by atoms with Crippen molar-refractivity contribution < 1.29 is 17.9 Å². The molecule has 0 fully saturated rings. The molecule has 0 aliphatic heterocycles. The van der Waals surface area contributed by atoms with Crippen LogP contribution in [0.4, 0.5) is 0 Å². The van der Waals surface area contributed by atoms with E-state index in [1.807, 2.05) is 60.7 Å². The van der Waals surface area contributed by atoms with E-state index in [0.29, 0.717) is 6.54 Å². The van der Waals surface area contributed by atoms with Gasteiger partial charge in [-0.05, 0) is 29.3 Å². The third-order valence-corrected chi connectivity index (χ3v) is 6.04. The van der Waals surface area contributed by atoms with Gasteiger partial charge in [-0.15, -0.1) is 0 Å². The van der Waals surface area contributed by atoms with Crippen LogP contribution in [0.1, 0.15) is 21.5 Å². The maximum Gasteiger partial charge on any atom is 0.253 e. The van der Waals surface area contributed by atoms with Gasteiger partial charge in [-0.25, -0.2) is 13.1 Å². The number of ether oxygens (including phenoxy) is 1.